The number of carbonyl (C=O) groups excluding carboxylic acids is 1. The van der Waals surface area contributed by atoms with Gasteiger partial charge in [-0.05, 0) is 37.0 Å². The maximum Gasteiger partial charge on any atom is 0.333 e. The SMILES string of the molecule is CCCCn1c(=O)n(CC(=O)Nc2cccc(Cl)c2)c(=O)c2c1ncn2CCC(C)C. The summed E-state index contributed by atoms with van der Waals surface area (Å²) in [4.78, 5) is 43.3. The van der Waals surface area contributed by atoms with Gasteiger partial charge in [-0.3, -0.25) is 14.2 Å². The number of anilines is 1. The third kappa shape index (κ3) is 5.25. The van der Waals surface area contributed by atoms with Gasteiger partial charge in [0.25, 0.3) is 5.56 Å². The number of rotatable bonds is 9. The second-order valence-electron chi connectivity index (χ2n) is 8.03. The monoisotopic (exact) mass is 445 g/mol. The van der Waals surface area contributed by atoms with Crippen LogP contribution in [0.4, 0.5) is 5.69 Å². The fraction of sp³-hybridized carbons (Fsp3) is 0.455. The van der Waals surface area contributed by atoms with Crippen molar-refractivity contribution in [3.05, 3.63) is 56.5 Å². The first-order chi connectivity index (χ1) is 14.8. The van der Waals surface area contributed by atoms with Crippen molar-refractivity contribution < 1.29 is 4.79 Å². The first-order valence-electron chi connectivity index (χ1n) is 10.6. The molecule has 2 heterocycles. The van der Waals surface area contributed by atoms with Crippen LogP contribution in [0.25, 0.3) is 11.2 Å². The van der Waals surface area contributed by atoms with Gasteiger partial charge in [0, 0.05) is 23.8 Å². The molecular formula is C22H28ClN5O3. The van der Waals surface area contributed by atoms with Gasteiger partial charge in [0.2, 0.25) is 5.91 Å². The molecule has 2 aromatic heterocycles. The summed E-state index contributed by atoms with van der Waals surface area (Å²) in [6.45, 7) is 6.90. The summed E-state index contributed by atoms with van der Waals surface area (Å²) in [5.41, 5.74) is 0.196. The van der Waals surface area contributed by atoms with Crippen molar-refractivity contribution in [1.82, 2.24) is 18.7 Å². The van der Waals surface area contributed by atoms with Crippen molar-refractivity contribution in [2.24, 2.45) is 5.92 Å². The van der Waals surface area contributed by atoms with E-state index < -0.39 is 17.2 Å². The minimum atomic E-state index is -0.527. The number of fused-ring (bicyclic) bond motifs is 1. The van der Waals surface area contributed by atoms with Crippen LogP contribution in [0.15, 0.2) is 40.2 Å². The summed E-state index contributed by atoms with van der Waals surface area (Å²) in [5, 5.41) is 3.17. The van der Waals surface area contributed by atoms with Gasteiger partial charge in [-0.1, -0.05) is 44.9 Å². The molecule has 0 aliphatic heterocycles. The fourth-order valence-electron chi connectivity index (χ4n) is 3.37. The molecule has 0 fully saturated rings. The van der Waals surface area contributed by atoms with Gasteiger partial charge in [-0.2, -0.15) is 0 Å². The number of hydrogen-bond donors (Lipinski definition) is 1. The molecule has 1 amide bonds. The highest BCUT2D eigenvalue weighted by molar-refractivity contribution is 6.30. The van der Waals surface area contributed by atoms with E-state index in [0.717, 1.165) is 23.8 Å². The van der Waals surface area contributed by atoms with Crippen LogP contribution in [-0.4, -0.2) is 24.6 Å². The highest BCUT2D eigenvalue weighted by atomic mass is 35.5. The second kappa shape index (κ2) is 9.96. The number of aromatic nitrogens is 4. The van der Waals surface area contributed by atoms with E-state index in [1.807, 2.05) is 6.92 Å². The quantitative estimate of drug-likeness (QED) is 0.545. The minimum absolute atomic E-state index is 0.354. The molecule has 3 aromatic rings. The zero-order valence-corrected chi connectivity index (χ0v) is 18.9. The Balaban J connectivity index is 2.02. The van der Waals surface area contributed by atoms with Crippen molar-refractivity contribution in [2.75, 3.05) is 5.32 Å². The molecule has 0 aliphatic carbocycles. The predicted molar refractivity (Wildman–Crippen MR) is 123 cm³/mol. The molecule has 0 spiro atoms. The Morgan fingerprint density at radius 3 is 2.65 bits per heavy atom. The molecule has 0 bridgehead atoms. The van der Waals surface area contributed by atoms with Crippen LogP contribution >= 0.6 is 11.6 Å². The molecular weight excluding hydrogens is 418 g/mol. The Morgan fingerprint density at radius 2 is 1.97 bits per heavy atom. The summed E-state index contributed by atoms with van der Waals surface area (Å²) in [7, 11) is 0. The highest BCUT2D eigenvalue weighted by Gasteiger charge is 2.19. The van der Waals surface area contributed by atoms with Crippen LogP contribution in [0.3, 0.4) is 0 Å². The number of halogens is 1. The van der Waals surface area contributed by atoms with Crippen molar-refractivity contribution in [2.45, 2.75) is 59.7 Å². The highest BCUT2D eigenvalue weighted by Crippen LogP contribution is 2.15. The third-order valence-electron chi connectivity index (χ3n) is 5.08. The number of carbonyl (C=O) groups is 1. The van der Waals surface area contributed by atoms with Crippen molar-refractivity contribution in [3.63, 3.8) is 0 Å². The minimum Gasteiger partial charge on any atom is -0.325 e. The molecule has 9 heteroatoms. The van der Waals surface area contributed by atoms with E-state index in [1.165, 1.54) is 4.57 Å². The van der Waals surface area contributed by atoms with Crippen LogP contribution in [0.2, 0.25) is 5.02 Å². The number of aryl methyl sites for hydroxylation is 2. The normalized spacial score (nSPS) is 11.4. The molecule has 3 rings (SSSR count). The Morgan fingerprint density at radius 1 is 1.19 bits per heavy atom. The van der Waals surface area contributed by atoms with Gasteiger partial charge in [0.05, 0.1) is 6.33 Å². The summed E-state index contributed by atoms with van der Waals surface area (Å²) in [6, 6.07) is 6.70. The van der Waals surface area contributed by atoms with Gasteiger partial charge in [0.15, 0.2) is 11.2 Å². The maximum atomic E-state index is 13.2. The molecule has 0 saturated heterocycles. The van der Waals surface area contributed by atoms with Crippen LogP contribution in [0.1, 0.15) is 40.0 Å². The molecule has 8 nitrogen and oxygen atoms in total. The number of hydrogen-bond acceptors (Lipinski definition) is 4. The predicted octanol–water partition coefficient (Wildman–Crippen LogP) is 3.50. The van der Waals surface area contributed by atoms with Crippen LogP contribution in [0, 0.1) is 5.92 Å². The average molecular weight is 446 g/mol. The molecule has 0 unspecified atom stereocenters. The van der Waals surface area contributed by atoms with E-state index in [-0.39, 0.29) is 6.54 Å². The lowest BCUT2D eigenvalue weighted by Gasteiger charge is -2.13. The summed E-state index contributed by atoms with van der Waals surface area (Å²) >= 11 is 5.96. The Kier molecular flexibility index (Phi) is 7.33. The second-order valence-corrected chi connectivity index (χ2v) is 8.47. The van der Waals surface area contributed by atoms with Crippen LogP contribution in [0.5, 0.6) is 0 Å². The standard InChI is InChI=1S/C22H28ClN5O3/c1-4-5-10-27-20-19(26(14-24-20)11-9-15(2)3)21(30)28(22(27)31)13-18(29)25-17-8-6-7-16(23)12-17/h6-8,12,14-15H,4-5,9-11,13H2,1-3H3,(H,25,29). The Hall–Kier alpha value is -2.87. The maximum absolute atomic E-state index is 13.2. The number of unbranched alkanes of at least 4 members (excludes halogenated alkanes) is 1. The first kappa shape index (κ1) is 22.8. The van der Waals surface area contributed by atoms with Gasteiger partial charge in [0.1, 0.15) is 6.54 Å². The molecule has 0 radical (unpaired) electrons. The third-order valence-corrected chi connectivity index (χ3v) is 5.31. The van der Waals surface area contributed by atoms with Gasteiger partial charge in [-0.15, -0.1) is 0 Å². The first-order valence-corrected chi connectivity index (χ1v) is 10.9. The van der Waals surface area contributed by atoms with E-state index in [9.17, 15) is 14.4 Å². The molecule has 0 atom stereocenters. The van der Waals surface area contributed by atoms with E-state index in [0.29, 0.717) is 40.9 Å². The molecule has 1 aromatic carbocycles. The number of nitrogens with zero attached hydrogens (tertiary/aromatic N) is 4. The molecule has 1 N–H and O–H groups in total. The summed E-state index contributed by atoms with van der Waals surface area (Å²) in [6.07, 6.45) is 4.12. The number of nitrogens with one attached hydrogen (secondary N) is 1. The van der Waals surface area contributed by atoms with Crippen molar-refractivity contribution >= 4 is 34.4 Å². The topological polar surface area (TPSA) is 90.9 Å². The fourth-order valence-corrected chi connectivity index (χ4v) is 3.56. The van der Waals surface area contributed by atoms with E-state index >= 15 is 0 Å². The van der Waals surface area contributed by atoms with E-state index in [1.54, 1.807) is 35.2 Å². The molecule has 0 aliphatic rings. The van der Waals surface area contributed by atoms with Crippen molar-refractivity contribution in [3.8, 4) is 0 Å². The summed E-state index contributed by atoms with van der Waals surface area (Å²) in [5.74, 6) is -0.0229. The van der Waals surface area contributed by atoms with E-state index in [4.69, 9.17) is 11.6 Å². The van der Waals surface area contributed by atoms with E-state index in [2.05, 4.69) is 24.1 Å². The smallest absolute Gasteiger partial charge is 0.325 e. The van der Waals surface area contributed by atoms with Crippen LogP contribution < -0.4 is 16.6 Å². The molecule has 31 heavy (non-hydrogen) atoms. The lowest BCUT2D eigenvalue weighted by molar-refractivity contribution is -0.116. The Labute approximate surface area is 185 Å². The number of amides is 1. The van der Waals surface area contributed by atoms with Gasteiger partial charge >= 0.3 is 5.69 Å². The molecule has 0 saturated carbocycles. The lowest BCUT2D eigenvalue weighted by atomic mass is 10.1. The number of benzene rings is 1. The van der Waals surface area contributed by atoms with Gasteiger partial charge < -0.3 is 9.88 Å². The van der Waals surface area contributed by atoms with Crippen molar-refractivity contribution in [1.29, 1.82) is 0 Å². The zero-order valence-electron chi connectivity index (χ0n) is 18.1. The zero-order chi connectivity index (χ0) is 22.5. The number of imidazole rings is 1. The molecule has 166 valence electrons. The average Bonchev–Trinajstić information content (AvgIpc) is 3.13. The van der Waals surface area contributed by atoms with Crippen LogP contribution in [-0.2, 0) is 24.4 Å². The lowest BCUT2D eigenvalue weighted by Crippen LogP contribution is -2.43. The summed E-state index contributed by atoms with van der Waals surface area (Å²) < 4.78 is 4.27. The Bertz CT molecular complexity index is 1190. The largest absolute Gasteiger partial charge is 0.333 e. The van der Waals surface area contributed by atoms with Gasteiger partial charge in [-0.25, -0.2) is 14.3 Å².